The number of anilines is 6. The van der Waals surface area contributed by atoms with Crippen LogP contribution in [0.4, 0.5) is 34.1 Å². The van der Waals surface area contributed by atoms with Crippen LogP contribution in [-0.2, 0) is 21.7 Å². The summed E-state index contributed by atoms with van der Waals surface area (Å²) in [7, 11) is 0. The van der Waals surface area contributed by atoms with Gasteiger partial charge < -0.3 is 9.80 Å². The average molecular weight is 1060 g/mol. The summed E-state index contributed by atoms with van der Waals surface area (Å²) >= 11 is 0. The molecule has 11 aromatic rings. The van der Waals surface area contributed by atoms with Gasteiger partial charge in [0.25, 0.3) is 0 Å². The molecule has 0 saturated heterocycles. The standard InChI is InChI=1S/C78H64N2.C2H6/c1-75(2)67-41-49(29-35-59(67)61-39-33-57(45-71(61)75)79(53-21-13-9-14-22-53)54-23-15-10-16-24-54)51-31-37-63-65-47-74-66(48-73(65)77(5,6)69(63)43-51)64-38-32-52(44-70(64)78(74,7)8)50-30-36-60-62-40-34-58(46-72(62)76(3,4)68(60)42-50)80(55-25-17-11-18-26-55)56-27-19-12-20-28-56;1-2/h9-48H,1-8H3;1-2H3. The van der Waals surface area contributed by atoms with Crippen molar-refractivity contribution in [1.29, 1.82) is 0 Å². The molecule has 0 amide bonds. The maximum absolute atomic E-state index is 2.55. The molecule has 400 valence electrons. The lowest BCUT2D eigenvalue weighted by Crippen LogP contribution is -2.17. The molecule has 0 radical (unpaired) electrons. The van der Waals surface area contributed by atoms with Crippen LogP contribution in [0.15, 0.2) is 243 Å². The van der Waals surface area contributed by atoms with Crippen LogP contribution in [0.1, 0.15) is 114 Å². The summed E-state index contributed by atoms with van der Waals surface area (Å²) in [5.74, 6) is 0. The van der Waals surface area contributed by atoms with Gasteiger partial charge in [-0.3, -0.25) is 0 Å². The van der Waals surface area contributed by atoms with Gasteiger partial charge in [0.1, 0.15) is 0 Å². The Kier molecular flexibility index (Phi) is 11.7. The molecule has 82 heavy (non-hydrogen) atoms. The zero-order valence-electron chi connectivity index (χ0n) is 49.0. The molecule has 0 heterocycles. The molecule has 0 unspecified atom stereocenters. The van der Waals surface area contributed by atoms with Gasteiger partial charge in [-0.2, -0.15) is 0 Å². The number of hydrogen-bond donors (Lipinski definition) is 0. The summed E-state index contributed by atoms with van der Waals surface area (Å²) < 4.78 is 0. The third-order valence-electron chi connectivity index (χ3n) is 19.0. The van der Waals surface area contributed by atoms with Crippen LogP contribution in [0.25, 0.3) is 66.8 Å². The number of nitrogens with zero attached hydrogens (tertiary/aromatic N) is 2. The zero-order valence-corrected chi connectivity index (χ0v) is 49.0. The zero-order chi connectivity index (χ0) is 56.5. The average Bonchev–Trinajstić information content (AvgIpc) is 4.23. The predicted octanol–water partition coefficient (Wildman–Crippen LogP) is 22.2. The molecule has 15 rings (SSSR count). The SMILES string of the molecule is CC.CC1(C)c2cc(-c3ccc4c(c3)C(C)(C)c3cc5c(cc3-4)C(C)(C)c3cc(-c4ccc6c(c4)C(C)(C)c4cc(N(c7ccccc7)c7ccccc7)ccc4-6)ccc3-5)ccc2-c2ccc(N(c3ccccc3)c3ccccc3)cc21. The third kappa shape index (κ3) is 7.67. The topological polar surface area (TPSA) is 6.48 Å². The van der Waals surface area contributed by atoms with Gasteiger partial charge in [0.15, 0.2) is 0 Å². The monoisotopic (exact) mass is 1060 g/mol. The van der Waals surface area contributed by atoms with E-state index in [4.69, 9.17) is 0 Å². The fraction of sp³-hybridized carbons (Fsp3) is 0.175. The summed E-state index contributed by atoms with van der Waals surface area (Å²) in [4.78, 5) is 4.74. The Hall–Kier alpha value is -8.98. The van der Waals surface area contributed by atoms with Crippen LogP contribution in [0.3, 0.4) is 0 Å². The lowest BCUT2D eigenvalue weighted by Gasteiger charge is -2.28. The van der Waals surface area contributed by atoms with Gasteiger partial charge in [-0.1, -0.05) is 203 Å². The number of hydrogen-bond acceptors (Lipinski definition) is 2. The molecule has 11 aromatic carbocycles. The van der Waals surface area contributed by atoms with Crippen LogP contribution in [0.5, 0.6) is 0 Å². The summed E-state index contributed by atoms with van der Waals surface area (Å²) in [6.45, 7) is 23.3. The van der Waals surface area contributed by atoms with Crippen molar-refractivity contribution < 1.29 is 0 Å². The van der Waals surface area contributed by atoms with Gasteiger partial charge in [-0.25, -0.2) is 0 Å². The Morgan fingerprint density at radius 3 is 0.659 bits per heavy atom. The lowest BCUT2D eigenvalue weighted by atomic mass is 9.78. The Bertz CT molecular complexity index is 3970. The first kappa shape index (κ1) is 51.2. The fourth-order valence-corrected chi connectivity index (χ4v) is 14.6. The van der Waals surface area contributed by atoms with Gasteiger partial charge in [-0.15, -0.1) is 0 Å². The maximum Gasteiger partial charge on any atom is 0.0465 e. The van der Waals surface area contributed by atoms with Gasteiger partial charge >= 0.3 is 0 Å². The second-order valence-electron chi connectivity index (χ2n) is 25.0. The fourth-order valence-electron chi connectivity index (χ4n) is 14.6. The van der Waals surface area contributed by atoms with Crippen LogP contribution >= 0.6 is 0 Å². The quantitative estimate of drug-likeness (QED) is 0.150. The van der Waals surface area contributed by atoms with E-state index in [9.17, 15) is 0 Å². The summed E-state index contributed by atoms with van der Waals surface area (Å²) in [5.41, 5.74) is 33.2. The summed E-state index contributed by atoms with van der Waals surface area (Å²) in [5, 5.41) is 0. The number of fused-ring (bicyclic) bond motifs is 12. The second-order valence-corrected chi connectivity index (χ2v) is 25.0. The van der Waals surface area contributed by atoms with E-state index >= 15 is 0 Å². The van der Waals surface area contributed by atoms with E-state index in [1.165, 1.54) is 123 Å². The Balaban J connectivity index is 0.00000298. The molecule has 4 aliphatic carbocycles. The Morgan fingerprint density at radius 2 is 0.402 bits per heavy atom. The minimum absolute atomic E-state index is 0.175. The van der Waals surface area contributed by atoms with Crippen molar-refractivity contribution in [3.05, 3.63) is 287 Å². The van der Waals surface area contributed by atoms with Gasteiger partial charge in [0.05, 0.1) is 0 Å². The highest BCUT2D eigenvalue weighted by atomic mass is 15.1. The maximum atomic E-state index is 2.55. The van der Waals surface area contributed by atoms with Crippen molar-refractivity contribution in [2.45, 2.75) is 90.9 Å². The van der Waals surface area contributed by atoms with E-state index in [1.54, 1.807) is 0 Å². The first-order valence-electron chi connectivity index (χ1n) is 29.6. The molecule has 0 bridgehead atoms. The van der Waals surface area contributed by atoms with E-state index in [0.29, 0.717) is 0 Å². The molecule has 2 heteroatoms. The van der Waals surface area contributed by atoms with Crippen LogP contribution in [0.2, 0.25) is 0 Å². The second kappa shape index (κ2) is 18.8. The lowest BCUT2D eigenvalue weighted by molar-refractivity contribution is 0.652. The molecule has 4 aliphatic rings. The predicted molar refractivity (Wildman–Crippen MR) is 348 cm³/mol. The molecule has 2 nitrogen and oxygen atoms in total. The van der Waals surface area contributed by atoms with Crippen LogP contribution in [-0.4, -0.2) is 0 Å². The molecule has 0 spiro atoms. The van der Waals surface area contributed by atoms with E-state index in [-0.39, 0.29) is 21.7 Å². The first-order chi connectivity index (χ1) is 39.7. The molecule has 0 atom stereocenters. The molecule has 0 saturated carbocycles. The van der Waals surface area contributed by atoms with Crippen molar-refractivity contribution in [2.24, 2.45) is 0 Å². The largest absolute Gasteiger partial charge is 0.310 e. The first-order valence-corrected chi connectivity index (χ1v) is 29.6. The Morgan fingerprint density at radius 1 is 0.195 bits per heavy atom. The van der Waals surface area contributed by atoms with E-state index in [2.05, 4.69) is 308 Å². The summed E-state index contributed by atoms with van der Waals surface area (Å²) in [6, 6.07) is 91.1. The molecular weight excluding hydrogens is 989 g/mol. The molecule has 0 N–H and O–H groups in total. The van der Waals surface area contributed by atoms with Crippen molar-refractivity contribution in [1.82, 2.24) is 0 Å². The van der Waals surface area contributed by atoms with E-state index < -0.39 is 0 Å². The molecular formula is C80H70N2. The number of benzene rings is 11. The van der Waals surface area contributed by atoms with E-state index in [0.717, 1.165) is 22.7 Å². The van der Waals surface area contributed by atoms with Crippen molar-refractivity contribution in [2.75, 3.05) is 9.80 Å². The van der Waals surface area contributed by atoms with Crippen LogP contribution in [0, 0.1) is 0 Å². The minimum Gasteiger partial charge on any atom is -0.310 e. The highest BCUT2D eigenvalue weighted by molar-refractivity contribution is 5.94. The van der Waals surface area contributed by atoms with Gasteiger partial charge in [-0.05, 0) is 220 Å². The molecule has 0 aliphatic heterocycles. The molecule has 0 fully saturated rings. The summed E-state index contributed by atoms with van der Waals surface area (Å²) in [6.07, 6.45) is 0. The van der Waals surface area contributed by atoms with Crippen LogP contribution < -0.4 is 9.80 Å². The van der Waals surface area contributed by atoms with Crippen molar-refractivity contribution in [3.8, 4) is 66.8 Å². The third-order valence-corrected chi connectivity index (χ3v) is 19.0. The number of para-hydroxylation sites is 4. The Labute approximate surface area is 486 Å². The smallest absolute Gasteiger partial charge is 0.0465 e. The van der Waals surface area contributed by atoms with Crippen molar-refractivity contribution >= 4 is 34.1 Å². The van der Waals surface area contributed by atoms with Crippen molar-refractivity contribution in [3.63, 3.8) is 0 Å². The molecule has 0 aromatic heterocycles. The van der Waals surface area contributed by atoms with Gasteiger partial charge in [0.2, 0.25) is 0 Å². The van der Waals surface area contributed by atoms with E-state index in [1.807, 2.05) is 13.8 Å². The number of rotatable bonds is 8. The highest BCUT2D eigenvalue weighted by Gasteiger charge is 2.43. The minimum atomic E-state index is -0.183. The normalized spacial score (nSPS) is 15.1. The highest BCUT2D eigenvalue weighted by Crippen LogP contribution is 2.59. The van der Waals surface area contributed by atoms with Gasteiger partial charge in [0, 0.05) is 55.8 Å².